The predicted octanol–water partition coefficient (Wildman–Crippen LogP) is 1.71. The molecule has 0 atom stereocenters. The Kier molecular flexibility index (Phi) is 3.24. The van der Waals surface area contributed by atoms with Crippen molar-refractivity contribution in [1.82, 2.24) is 0 Å². The zero-order valence-corrected chi connectivity index (χ0v) is 9.58. The van der Waals surface area contributed by atoms with Crippen LogP contribution >= 0.6 is 0 Å². The van der Waals surface area contributed by atoms with E-state index in [0.717, 1.165) is 17.4 Å². The van der Waals surface area contributed by atoms with Gasteiger partial charge in [-0.3, -0.25) is 4.79 Å². The normalized spacial score (nSPS) is 17.9. The zero-order valence-electron chi connectivity index (χ0n) is 9.58. The highest BCUT2D eigenvalue weighted by Crippen LogP contribution is 2.35. The molecule has 0 unspecified atom stereocenters. The zero-order chi connectivity index (χ0) is 12.3. The van der Waals surface area contributed by atoms with Crippen LogP contribution < -0.4 is 0 Å². The number of aldehydes is 1. The van der Waals surface area contributed by atoms with E-state index in [1.165, 1.54) is 7.11 Å². The van der Waals surface area contributed by atoms with Gasteiger partial charge in [0.15, 0.2) is 0 Å². The van der Waals surface area contributed by atoms with Crippen molar-refractivity contribution in [3.63, 3.8) is 0 Å². The van der Waals surface area contributed by atoms with E-state index in [9.17, 15) is 9.59 Å². The van der Waals surface area contributed by atoms with Crippen LogP contribution in [-0.2, 0) is 14.3 Å². The second-order valence-electron chi connectivity index (χ2n) is 3.82. The molecule has 2 aliphatic carbocycles. The summed E-state index contributed by atoms with van der Waals surface area (Å²) in [5.74, 6) is 5.61. The Hall–Kier alpha value is -2.08. The average Bonchev–Trinajstić information content (AvgIpc) is 2.65. The van der Waals surface area contributed by atoms with Gasteiger partial charge in [-0.2, -0.15) is 0 Å². The van der Waals surface area contributed by atoms with E-state index in [4.69, 9.17) is 4.74 Å². The molecule has 0 saturated carbocycles. The molecule has 0 aromatic carbocycles. The lowest BCUT2D eigenvalue weighted by atomic mass is 10.00. The Bertz CT molecular complexity index is 521. The molecule has 0 heterocycles. The Morgan fingerprint density at radius 2 is 2.29 bits per heavy atom. The number of rotatable bonds is 2. The summed E-state index contributed by atoms with van der Waals surface area (Å²) in [5.41, 5.74) is 2.88. The summed E-state index contributed by atoms with van der Waals surface area (Å²) in [7, 11) is 1.35. The average molecular weight is 228 g/mol. The molecule has 3 nitrogen and oxygen atoms in total. The van der Waals surface area contributed by atoms with Crippen LogP contribution in [0, 0.1) is 11.8 Å². The Morgan fingerprint density at radius 1 is 1.47 bits per heavy atom. The van der Waals surface area contributed by atoms with E-state index in [0.29, 0.717) is 30.4 Å². The highest BCUT2D eigenvalue weighted by molar-refractivity contribution is 5.97. The molecular weight excluding hydrogens is 216 g/mol. The number of carbonyl (C=O) groups is 2. The third-order valence-corrected chi connectivity index (χ3v) is 2.87. The summed E-state index contributed by atoms with van der Waals surface area (Å²) in [5, 5.41) is 0. The molecular formula is C14H12O3. The Balaban J connectivity index is 2.49. The predicted molar refractivity (Wildman–Crippen MR) is 62.9 cm³/mol. The van der Waals surface area contributed by atoms with Crippen LogP contribution in [-0.4, -0.2) is 19.4 Å². The molecule has 17 heavy (non-hydrogen) atoms. The van der Waals surface area contributed by atoms with Crippen molar-refractivity contribution >= 4 is 12.3 Å². The van der Waals surface area contributed by atoms with Crippen LogP contribution in [0.5, 0.6) is 0 Å². The number of esters is 1. The summed E-state index contributed by atoms with van der Waals surface area (Å²) in [6, 6.07) is 0. The monoisotopic (exact) mass is 228 g/mol. The first-order valence-electron chi connectivity index (χ1n) is 5.39. The summed E-state index contributed by atoms with van der Waals surface area (Å²) in [6.07, 6.45) is 6.12. The van der Waals surface area contributed by atoms with Crippen molar-refractivity contribution in [3.05, 3.63) is 34.4 Å². The molecule has 0 bridgehead atoms. The standard InChI is InChI=1S/C14H12O3/c1-17-14(16)13-8-10(9-15)11-6-4-2-3-5-7-12(11)13/h5,7,9H,3,6,8H2,1H3. The van der Waals surface area contributed by atoms with Gasteiger partial charge in [-0.1, -0.05) is 24.0 Å². The molecule has 0 spiro atoms. The van der Waals surface area contributed by atoms with Gasteiger partial charge in [0.25, 0.3) is 0 Å². The molecule has 0 saturated heterocycles. The minimum atomic E-state index is -0.368. The smallest absolute Gasteiger partial charge is 0.334 e. The lowest BCUT2D eigenvalue weighted by Gasteiger charge is -2.05. The summed E-state index contributed by atoms with van der Waals surface area (Å²) < 4.78 is 4.74. The number of methoxy groups -OCH3 is 1. The highest BCUT2D eigenvalue weighted by Gasteiger charge is 2.27. The molecule has 3 heteroatoms. The molecule has 2 rings (SSSR count). The minimum Gasteiger partial charge on any atom is -0.466 e. The van der Waals surface area contributed by atoms with E-state index in [1.807, 2.05) is 12.2 Å². The third-order valence-electron chi connectivity index (χ3n) is 2.87. The van der Waals surface area contributed by atoms with Crippen molar-refractivity contribution in [1.29, 1.82) is 0 Å². The second-order valence-corrected chi connectivity index (χ2v) is 3.82. The van der Waals surface area contributed by atoms with Gasteiger partial charge in [0.05, 0.1) is 7.11 Å². The summed E-state index contributed by atoms with van der Waals surface area (Å²) >= 11 is 0. The maximum atomic E-state index is 11.6. The molecule has 0 aliphatic heterocycles. The minimum absolute atomic E-state index is 0.354. The van der Waals surface area contributed by atoms with E-state index in [1.54, 1.807) is 0 Å². The Morgan fingerprint density at radius 3 is 3.00 bits per heavy atom. The topological polar surface area (TPSA) is 43.4 Å². The number of carbonyl (C=O) groups excluding carboxylic acids is 2. The van der Waals surface area contributed by atoms with Crippen LogP contribution in [0.3, 0.4) is 0 Å². The summed E-state index contributed by atoms with van der Waals surface area (Å²) in [6.45, 7) is 0. The van der Waals surface area contributed by atoms with Crippen LogP contribution in [0.4, 0.5) is 0 Å². The van der Waals surface area contributed by atoms with Crippen LogP contribution in [0.2, 0.25) is 0 Å². The van der Waals surface area contributed by atoms with Gasteiger partial charge >= 0.3 is 5.97 Å². The number of hydrogen-bond donors (Lipinski definition) is 0. The van der Waals surface area contributed by atoms with Crippen molar-refractivity contribution < 1.29 is 14.3 Å². The quantitative estimate of drug-likeness (QED) is 0.410. The van der Waals surface area contributed by atoms with Gasteiger partial charge in [0.2, 0.25) is 0 Å². The van der Waals surface area contributed by atoms with Gasteiger partial charge in [0.1, 0.15) is 6.29 Å². The SMILES string of the molecule is COC(=O)C1=C2C=CCC#CCC2=C(C=O)C1. The van der Waals surface area contributed by atoms with Gasteiger partial charge < -0.3 is 4.74 Å². The van der Waals surface area contributed by atoms with Crippen molar-refractivity contribution in [2.45, 2.75) is 19.3 Å². The van der Waals surface area contributed by atoms with Crippen LogP contribution in [0.25, 0.3) is 0 Å². The van der Waals surface area contributed by atoms with Gasteiger partial charge in [0, 0.05) is 30.4 Å². The molecule has 0 radical (unpaired) electrons. The molecule has 0 N–H and O–H groups in total. The third kappa shape index (κ3) is 2.07. The van der Waals surface area contributed by atoms with Crippen LogP contribution in [0.1, 0.15) is 19.3 Å². The van der Waals surface area contributed by atoms with Crippen molar-refractivity contribution in [3.8, 4) is 11.8 Å². The lowest BCUT2D eigenvalue weighted by Crippen LogP contribution is -2.05. The van der Waals surface area contributed by atoms with Crippen molar-refractivity contribution in [2.24, 2.45) is 0 Å². The number of allylic oxidation sites excluding steroid dienone is 5. The molecule has 0 fully saturated rings. The van der Waals surface area contributed by atoms with Gasteiger partial charge in [-0.15, -0.1) is 0 Å². The van der Waals surface area contributed by atoms with Gasteiger partial charge in [-0.25, -0.2) is 4.79 Å². The molecule has 0 aromatic rings. The number of fused-ring (bicyclic) bond motifs is 1. The van der Waals surface area contributed by atoms with E-state index < -0.39 is 0 Å². The molecule has 86 valence electrons. The second kappa shape index (κ2) is 4.84. The first-order chi connectivity index (χ1) is 8.27. The first kappa shape index (κ1) is 11.4. The van der Waals surface area contributed by atoms with Crippen molar-refractivity contribution in [2.75, 3.05) is 7.11 Å². The van der Waals surface area contributed by atoms with Crippen LogP contribution in [0.15, 0.2) is 34.4 Å². The Labute approximate surface area is 99.8 Å². The fourth-order valence-electron chi connectivity index (χ4n) is 2.03. The highest BCUT2D eigenvalue weighted by atomic mass is 16.5. The molecule has 2 aliphatic rings. The van der Waals surface area contributed by atoms with E-state index >= 15 is 0 Å². The maximum Gasteiger partial charge on any atom is 0.334 e. The summed E-state index contributed by atoms with van der Waals surface area (Å²) in [4.78, 5) is 22.6. The molecule has 0 amide bonds. The number of hydrogen-bond acceptors (Lipinski definition) is 3. The van der Waals surface area contributed by atoms with E-state index in [-0.39, 0.29) is 5.97 Å². The lowest BCUT2D eigenvalue weighted by molar-refractivity contribution is -0.136. The van der Waals surface area contributed by atoms with E-state index in [2.05, 4.69) is 11.8 Å². The molecule has 0 aromatic heterocycles. The first-order valence-corrected chi connectivity index (χ1v) is 5.39. The van der Waals surface area contributed by atoms with Gasteiger partial charge in [-0.05, 0) is 11.1 Å². The maximum absolute atomic E-state index is 11.6. The fourth-order valence-corrected chi connectivity index (χ4v) is 2.03. The number of ether oxygens (including phenoxy) is 1. The largest absolute Gasteiger partial charge is 0.466 e. The fraction of sp³-hybridized carbons (Fsp3) is 0.286.